The molecule has 0 saturated carbocycles. The monoisotopic (exact) mass is 286 g/mol. The summed E-state index contributed by atoms with van der Waals surface area (Å²) in [5, 5.41) is 19.4. The zero-order chi connectivity index (χ0) is 15.6. The average molecular weight is 286 g/mol. The van der Waals surface area contributed by atoms with Crippen molar-refractivity contribution >= 4 is 23.3 Å². The molecular weight excluding hydrogens is 272 g/mol. The number of carboxylic acid groups (broad SMARTS) is 1. The maximum atomic E-state index is 12.4. The largest absolute Gasteiger partial charge is 0.478 e. The van der Waals surface area contributed by atoms with Crippen molar-refractivity contribution in [3.8, 4) is 0 Å². The number of aryl methyl sites for hydroxylation is 2. The Hall–Kier alpha value is -2.96. The second-order valence-corrected chi connectivity index (χ2v) is 4.47. The summed E-state index contributed by atoms with van der Waals surface area (Å²) in [5.74, 6) is -1.81. The van der Waals surface area contributed by atoms with E-state index in [-0.39, 0.29) is 22.5 Å². The Labute approximate surface area is 120 Å². The minimum Gasteiger partial charge on any atom is -0.478 e. The second-order valence-electron chi connectivity index (χ2n) is 4.47. The van der Waals surface area contributed by atoms with Gasteiger partial charge in [-0.05, 0) is 26.0 Å². The van der Waals surface area contributed by atoms with Crippen LogP contribution in [0.15, 0.2) is 24.3 Å². The molecule has 1 aromatic carbocycles. The Balaban J connectivity index is 2.47. The van der Waals surface area contributed by atoms with Gasteiger partial charge in [0.1, 0.15) is 0 Å². The van der Waals surface area contributed by atoms with Gasteiger partial charge >= 0.3 is 5.97 Å². The quantitative estimate of drug-likeness (QED) is 0.738. The number of carbonyl (C=O) groups excluding carboxylic acids is 1. The number of nitrogens with two attached hydrogens (primary N) is 1. The van der Waals surface area contributed by atoms with Crippen LogP contribution in [0.5, 0.6) is 0 Å². The first-order chi connectivity index (χ1) is 9.91. The Kier molecular flexibility index (Phi) is 3.84. The van der Waals surface area contributed by atoms with Crippen LogP contribution in [0.4, 0.5) is 11.4 Å². The number of benzene rings is 1. The molecular formula is C14H14N4O3. The van der Waals surface area contributed by atoms with Crippen LogP contribution in [0, 0.1) is 13.8 Å². The predicted octanol–water partition coefficient (Wildman–Crippen LogP) is 1.63. The third kappa shape index (κ3) is 2.81. The molecule has 1 amide bonds. The summed E-state index contributed by atoms with van der Waals surface area (Å²) in [6.07, 6.45) is 0. The summed E-state index contributed by atoms with van der Waals surface area (Å²) < 4.78 is 0. The standard InChI is InChI=1S/C14H14N4O3/c1-7-11(12(14(20)21)8(2)18-17-7)13(19)16-10-6-4-3-5-9(10)15/h3-6H,15H2,1-2H3,(H,16,19)(H,20,21). The maximum absolute atomic E-state index is 12.4. The van der Waals surface area contributed by atoms with E-state index in [1.165, 1.54) is 13.8 Å². The molecule has 0 aliphatic heterocycles. The van der Waals surface area contributed by atoms with Crippen LogP contribution in [0.3, 0.4) is 0 Å². The normalized spacial score (nSPS) is 10.2. The number of para-hydroxylation sites is 2. The number of nitrogen functional groups attached to an aromatic ring is 1. The molecule has 0 spiro atoms. The van der Waals surface area contributed by atoms with Crippen molar-refractivity contribution in [2.24, 2.45) is 0 Å². The number of amides is 1. The topological polar surface area (TPSA) is 118 Å². The molecule has 2 aromatic rings. The summed E-state index contributed by atoms with van der Waals surface area (Å²) in [6, 6.07) is 6.71. The molecule has 0 aliphatic carbocycles. The predicted molar refractivity (Wildman–Crippen MR) is 77.3 cm³/mol. The fraction of sp³-hybridized carbons (Fsp3) is 0.143. The van der Waals surface area contributed by atoms with Gasteiger partial charge in [0.2, 0.25) is 0 Å². The molecule has 0 unspecified atom stereocenters. The Bertz CT molecular complexity index is 728. The third-order valence-electron chi connectivity index (χ3n) is 2.97. The second kappa shape index (κ2) is 5.58. The third-order valence-corrected chi connectivity index (χ3v) is 2.97. The molecule has 1 aromatic heterocycles. The number of carbonyl (C=O) groups is 2. The zero-order valence-corrected chi connectivity index (χ0v) is 11.5. The van der Waals surface area contributed by atoms with Crippen molar-refractivity contribution in [3.63, 3.8) is 0 Å². The lowest BCUT2D eigenvalue weighted by molar-refractivity contribution is 0.0690. The SMILES string of the molecule is Cc1nnc(C)c(C(=O)Nc2ccccc2N)c1C(=O)O. The number of hydrogen-bond acceptors (Lipinski definition) is 5. The number of hydrogen-bond donors (Lipinski definition) is 3. The van der Waals surface area contributed by atoms with Gasteiger partial charge in [-0.3, -0.25) is 4.79 Å². The van der Waals surface area contributed by atoms with Gasteiger partial charge in [-0.1, -0.05) is 12.1 Å². The fourth-order valence-electron chi connectivity index (χ4n) is 1.95. The van der Waals surface area contributed by atoms with Crippen LogP contribution in [-0.4, -0.2) is 27.2 Å². The van der Waals surface area contributed by atoms with E-state index in [4.69, 9.17) is 5.73 Å². The summed E-state index contributed by atoms with van der Waals surface area (Å²) in [5.41, 5.74) is 6.80. The van der Waals surface area contributed by atoms with Crippen molar-refractivity contribution in [2.75, 3.05) is 11.1 Å². The number of rotatable bonds is 3. The molecule has 21 heavy (non-hydrogen) atoms. The van der Waals surface area contributed by atoms with Crippen molar-refractivity contribution < 1.29 is 14.7 Å². The number of aromatic carboxylic acids is 1. The van der Waals surface area contributed by atoms with E-state index in [9.17, 15) is 14.7 Å². The minimum absolute atomic E-state index is 0.0155. The van der Waals surface area contributed by atoms with Crippen LogP contribution in [0.25, 0.3) is 0 Å². The van der Waals surface area contributed by atoms with Crippen molar-refractivity contribution in [2.45, 2.75) is 13.8 Å². The number of carboxylic acids is 1. The molecule has 7 nitrogen and oxygen atoms in total. The number of anilines is 2. The van der Waals surface area contributed by atoms with E-state index in [1.54, 1.807) is 24.3 Å². The molecule has 1 heterocycles. The molecule has 0 aliphatic rings. The minimum atomic E-state index is -1.23. The van der Waals surface area contributed by atoms with Gasteiger partial charge in [0.15, 0.2) is 0 Å². The van der Waals surface area contributed by atoms with Gasteiger partial charge in [0.05, 0.1) is 33.9 Å². The van der Waals surface area contributed by atoms with Crippen molar-refractivity contribution in [1.82, 2.24) is 10.2 Å². The highest BCUT2D eigenvalue weighted by Crippen LogP contribution is 2.21. The van der Waals surface area contributed by atoms with E-state index >= 15 is 0 Å². The van der Waals surface area contributed by atoms with Crippen molar-refractivity contribution in [1.29, 1.82) is 0 Å². The highest BCUT2D eigenvalue weighted by Gasteiger charge is 2.23. The van der Waals surface area contributed by atoms with Crippen LogP contribution in [-0.2, 0) is 0 Å². The molecule has 2 rings (SSSR count). The Morgan fingerprint density at radius 2 is 1.67 bits per heavy atom. The van der Waals surface area contributed by atoms with E-state index in [0.29, 0.717) is 11.4 Å². The highest BCUT2D eigenvalue weighted by atomic mass is 16.4. The molecule has 0 radical (unpaired) electrons. The average Bonchev–Trinajstić information content (AvgIpc) is 2.43. The van der Waals surface area contributed by atoms with Crippen LogP contribution in [0.1, 0.15) is 32.1 Å². The molecule has 4 N–H and O–H groups in total. The van der Waals surface area contributed by atoms with Crippen molar-refractivity contribution in [3.05, 3.63) is 46.8 Å². The van der Waals surface area contributed by atoms with Gasteiger partial charge in [0.25, 0.3) is 5.91 Å². The van der Waals surface area contributed by atoms with E-state index in [1.807, 2.05) is 0 Å². The number of aromatic nitrogens is 2. The molecule has 0 bridgehead atoms. The molecule has 0 saturated heterocycles. The molecule has 7 heteroatoms. The summed E-state index contributed by atoms with van der Waals surface area (Å²) >= 11 is 0. The van der Waals surface area contributed by atoms with Crippen LogP contribution >= 0.6 is 0 Å². The van der Waals surface area contributed by atoms with Gasteiger partial charge in [-0.2, -0.15) is 10.2 Å². The van der Waals surface area contributed by atoms with Gasteiger partial charge in [-0.15, -0.1) is 0 Å². The fourth-order valence-corrected chi connectivity index (χ4v) is 1.95. The summed E-state index contributed by atoms with van der Waals surface area (Å²) in [7, 11) is 0. The summed E-state index contributed by atoms with van der Waals surface area (Å²) in [4.78, 5) is 23.7. The van der Waals surface area contributed by atoms with Gasteiger partial charge in [0, 0.05) is 0 Å². The Morgan fingerprint density at radius 1 is 1.10 bits per heavy atom. The van der Waals surface area contributed by atoms with Gasteiger partial charge < -0.3 is 16.2 Å². The molecule has 0 atom stereocenters. The zero-order valence-electron chi connectivity index (χ0n) is 11.5. The lowest BCUT2D eigenvalue weighted by Crippen LogP contribution is -2.21. The van der Waals surface area contributed by atoms with E-state index in [0.717, 1.165) is 0 Å². The first-order valence-corrected chi connectivity index (χ1v) is 6.15. The number of nitrogens with one attached hydrogen (secondary N) is 1. The van der Waals surface area contributed by atoms with E-state index < -0.39 is 11.9 Å². The van der Waals surface area contributed by atoms with Crippen LogP contribution in [0.2, 0.25) is 0 Å². The summed E-state index contributed by atoms with van der Waals surface area (Å²) in [6.45, 7) is 3.02. The maximum Gasteiger partial charge on any atom is 0.338 e. The van der Waals surface area contributed by atoms with Gasteiger partial charge in [-0.25, -0.2) is 4.79 Å². The smallest absolute Gasteiger partial charge is 0.338 e. The first kappa shape index (κ1) is 14.4. The van der Waals surface area contributed by atoms with E-state index in [2.05, 4.69) is 15.5 Å². The lowest BCUT2D eigenvalue weighted by atomic mass is 10.0. The first-order valence-electron chi connectivity index (χ1n) is 6.15. The van der Waals surface area contributed by atoms with Crippen LogP contribution < -0.4 is 11.1 Å². The Morgan fingerprint density at radius 3 is 2.24 bits per heavy atom. The highest BCUT2D eigenvalue weighted by molar-refractivity contribution is 6.12. The molecule has 108 valence electrons. The number of nitrogens with zero attached hydrogens (tertiary/aromatic N) is 2. The lowest BCUT2D eigenvalue weighted by Gasteiger charge is -2.12. The molecule has 0 fully saturated rings.